The molecular weight excluding hydrogens is 374 g/mol. The lowest BCUT2D eigenvalue weighted by molar-refractivity contribution is 0.0951. The van der Waals surface area contributed by atoms with Gasteiger partial charge in [-0.05, 0) is 43.7 Å². The summed E-state index contributed by atoms with van der Waals surface area (Å²) >= 11 is 0. The van der Waals surface area contributed by atoms with Gasteiger partial charge in [0.1, 0.15) is 0 Å². The van der Waals surface area contributed by atoms with E-state index in [0.717, 1.165) is 22.6 Å². The highest BCUT2D eigenvalue weighted by molar-refractivity contribution is 7.89. The van der Waals surface area contributed by atoms with Crippen LogP contribution in [0.5, 0.6) is 0 Å². The molecule has 1 amide bonds. The van der Waals surface area contributed by atoms with Crippen LogP contribution in [-0.2, 0) is 22.1 Å². The summed E-state index contributed by atoms with van der Waals surface area (Å²) in [7, 11) is -3.10. The molecule has 0 atom stereocenters. The first-order valence-corrected chi connectivity index (χ1v) is 11.0. The molecule has 1 N–H and O–H groups in total. The monoisotopic (exact) mass is 397 g/mol. The molecule has 0 unspecified atom stereocenters. The van der Waals surface area contributed by atoms with Crippen molar-refractivity contribution in [2.24, 2.45) is 0 Å². The summed E-state index contributed by atoms with van der Waals surface area (Å²) in [6.45, 7) is 4.27. The highest BCUT2D eigenvalue weighted by Crippen LogP contribution is 2.18. The number of carbonyl (C=O) groups is 1. The van der Waals surface area contributed by atoms with Crippen molar-refractivity contribution in [3.8, 4) is 5.69 Å². The quantitative estimate of drug-likeness (QED) is 0.693. The van der Waals surface area contributed by atoms with E-state index in [9.17, 15) is 13.2 Å². The van der Waals surface area contributed by atoms with Crippen molar-refractivity contribution in [2.45, 2.75) is 26.1 Å². The third kappa shape index (κ3) is 4.67. The third-order valence-electron chi connectivity index (χ3n) is 4.51. The number of hydrogen-bond donors (Lipinski definition) is 1. The van der Waals surface area contributed by atoms with Gasteiger partial charge in [0, 0.05) is 29.6 Å². The van der Waals surface area contributed by atoms with Crippen LogP contribution in [-0.4, -0.2) is 30.4 Å². The van der Waals surface area contributed by atoms with E-state index in [4.69, 9.17) is 0 Å². The van der Waals surface area contributed by atoms with E-state index in [1.54, 1.807) is 24.3 Å². The van der Waals surface area contributed by atoms with Crippen LogP contribution in [0, 0.1) is 13.8 Å². The second-order valence-corrected chi connectivity index (χ2v) is 8.99. The number of nitrogens with one attached hydrogen (secondary N) is 1. The molecule has 3 rings (SSSR count). The maximum Gasteiger partial charge on any atom is 0.251 e. The van der Waals surface area contributed by atoms with Gasteiger partial charge >= 0.3 is 0 Å². The fraction of sp³-hybridized carbons (Fsp3) is 0.238. The Hall–Kier alpha value is -2.93. The van der Waals surface area contributed by atoms with Gasteiger partial charge in [-0.1, -0.05) is 30.3 Å². The highest BCUT2D eigenvalue weighted by atomic mass is 32.2. The van der Waals surface area contributed by atoms with Crippen LogP contribution in [0.2, 0.25) is 0 Å². The molecule has 1 heterocycles. The summed E-state index contributed by atoms with van der Waals surface area (Å²) in [5.41, 5.74) is 4.95. The number of amides is 1. The van der Waals surface area contributed by atoms with Gasteiger partial charge in [0.05, 0.1) is 17.1 Å². The minimum atomic E-state index is -3.10. The Labute approximate surface area is 165 Å². The van der Waals surface area contributed by atoms with Crippen LogP contribution in [0.1, 0.15) is 32.9 Å². The number of nitrogens with zero attached hydrogens (tertiary/aromatic N) is 2. The maximum atomic E-state index is 12.5. The van der Waals surface area contributed by atoms with Crippen LogP contribution >= 0.6 is 0 Å². The molecule has 0 bridgehead atoms. The van der Waals surface area contributed by atoms with Crippen LogP contribution in [0.15, 0.2) is 54.6 Å². The van der Waals surface area contributed by atoms with Crippen molar-refractivity contribution in [2.75, 3.05) is 6.26 Å². The minimum absolute atomic E-state index is 0.0358. The molecule has 28 heavy (non-hydrogen) atoms. The molecule has 2 aromatic carbocycles. The molecule has 1 aromatic heterocycles. The predicted octanol–water partition coefficient (Wildman–Crippen LogP) is 2.96. The van der Waals surface area contributed by atoms with E-state index in [1.807, 2.05) is 48.9 Å². The Kier molecular flexibility index (Phi) is 5.65. The lowest BCUT2D eigenvalue weighted by Gasteiger charge is -2.08. The van der Waals surface area contributed by atoms with Crippen molar-refractivity contribution >= 4 is 15.7 Å². The van der Waals surface area contributed by atoms with Gasteiger partial charge in [0.2, 0.25) is 0 Å². The van der Waals surface area contributed by atoms with Crippen molar-refractivity contribution in [3.05, 3.63) is 82.7 Å². The van der Waals surface area contributed by atoms with Crippen LogP contribution in [0.4, 0.5) is 0 Å². The van der Waals surface area contributed by atoms with E-state index in [1.165, 1.54) is 6.26 Å². The first-order chi connectivity index (χ1) is 13.2. The van der Waals surface area contributed by atoms with Crippen molar-refractivity contribution in [1.29, 1.82) is 0 Å². The van der Waals surface area contributed by atoms with Gasteiger partial charge in [-0.25, -0.2) is 13.1 Å². The number of rotatable bonds is 6. The molecular formula is C21H23N3O3S. The first-order valence-electron chi connectivity index (χ1n) is 8.90. The zero-order valence-corrected chi connectivity index (χ0v) is 17.0. The minimum Gasteiger partial charge on any atom is -0.348 e. The lowest BCUT2D eigenvalue weighted by atomic mass is 10.1. The van der Waals surface area contributed by atoms with Crippen LogP contribution in [0.3, 0.4) is 0 Å². The molecule has 0 saturated carbocycles. The number of para-hydroxylation sites is 1. The molecule has 3 aromatic rings. The number of aryl methyl sites for hydroxylation is 1. The number of sulfone groups is 1. The van der Waals surface area contributed by atoms with Gasteiger partial charge in [-0.15, -0.1) is 0 Å². The lowest BCUT2D eigenvalue weighted by Crippen LogP contribution is -2.23. The molecule has 0 aliphatic rings. The number of aromatic nitrogens is 2. The summed E-state index contributed by atoms with van der Waals surface area (Å²) in [4.78, 5) is 12.5. The Morgan fingerprint density at radius 2 is 1.68 bits per heavy atom. The zero-order chi connectivity index (χ0) is 20.3. The SMILES string of the molecule is Cc1nn(-c2ccccc2)c(C)c1CNC(=O)c1ccc(CS(C)(=O)=O)cc1. The molecule has 7 heteroatoms. The van der Waals surface area contributed by atoms with E-state index >= 15 is 0 Å². The Bertz CT molecular complexity index is 1090. The Morgan fingerprint density at radius 3 is 2.29 bits per heavy atom. The largest absolute Gasteiger partial charge is 0.348 e. The van der Waals surface area contributed by atoms with Gasteiger partial charge in [-0.3, -0.25) is 4.79 Å². The van der Waals surface area contributed by atoms with E-state index < -0.39 is 9.84 Å². The van der Waals surface area contributed by atoms with E-state index in [2.05, 4.69) is 10.4 Å². The summed E-state index contributed by atoms with van der Waals surface area (Å²) < 4.78 is 24.6. The van der Waals surface area contributed by atoms with Gasteiger partial charge in [-0.2, -0.15) is 5.10 Å². The topological polar surface area (TPSA) is 81.1 Å². The molecule has 146 valence electrons. The smallest absolute Gasteiger partial charge is 0.251 e. The van der Waals surface area contributed by atoms with Gasteiger partial charge in [0.25, 0.3) is 5.91 Å². The average Bonchev–Trinajstić information content (AvgIpc) is 2.94. The van der Waals surface area contributed by atoms with Crippen molar-refractivity contribution < 1.29 is 13.2 Å². The normalized spacial score (nSPS) is 11.4. The van der Waals surface area contributed by atoms with E-state index in [-0.39, 0.29) is 11.7 Å². The second-order valence-electron chi connectivity index (χ2n) is 6.85. The molecule has 0 spiro atoms. The number of hydrogen-bond acceptors (Lipinski definition) is 4. The molecule has 0 saturated heterocycles. The number of benzene rings is 2. The van der Waals surface area contributed by atoms with E-state index in [0.29, 0.717) is 17.7 Å². The summed E-state index contributed by atoms with van der Waals surface area (Å²) in [6, 6.07) is 16.5. The summed E-state index contributed by atoms with van der Waals surface area (Å²) in [5.74, 6) is -0.247. The first kappa shape index (κ1) is 19.8. The average molecular weight is 398 g/mol. The van der Waals surface area contributed by atoms with Crippen LogP contribution < -0.4 is 5.32 Å². The van der Waals surface area contributed by atoms with Gasteiger partial charge in [0.15, 0.2) is 9.84 Å². The fourth-order valence-electron chi connectivity index (χ4n) is 3.08. The molecule has 0 aliphatic heterocycles. The van der Waals surface area contributed by atoms with Gasteiger partial charge < -0.3 is 5.32 Å². The summed E-state index contributed by atoms with van der Waals surface area (Å²) in [6.07, 6.45) is 1.19. The van der Waals surface area contributed by atoms with Crippen molar-refractivity contribution in [3.63, 3.8) is 0 Å². The predicted molar refractivity (Wildman–Crippen MR) is 109 cm³/mol. The molecule has 0 aliphatic carbocycles. The maximum absolute atomic E-state index is 12.5. The molecule has 0 radical (unpaired) electrons. The standard InChI is InChI=1S/C21H23N3O3S/c1-15-20(16(2)24(23-15)19-7-5-4-6-8-19)13-22-21(25)18-11-9-17(10-12-18)14-28(3,26)27/h4-12H,13-14H2,1-3H3,(H,22,25). The fourth-order valence-corrected chi connectivity index (χ4v) is 3.88. The highest BCUT2D eigenvalue weighted by Gasteiger charge is 2.14. The third-order valence-corrected chi connectivity index (χ3v) is 5.37. The Morgan fingerprint density at radius 1 is 1.04 bits per heavy atom. The zero-order valence-electron chi connectivity index (χ0n) is 16.1. The second kappa shape index (κ2) is 7.98. The molecule has 0 fully saturated rings. The molecule has 6 nitrogen and oxygen atoms in total. The Balaban J connectivity index is 1.70. The van der Waals surface area contributed by atoms with Crippen molar-refractivity contribution in [1.82, 2.24) is 15.1 Å². The summed E-state index contributed by atoms with van der Waals surface area (Å²) in [5, 5.41) is 7.50. The van der Waals surface area contributed by atoms with Crippen LogP contribution in [0.25, 0.3) is 5.69 Å². The number of carbonyl (C=O) groups excluding carboxylic acids is 1.